The van der Waals surface area contributed by atoms with Crippen molar-refractivity contribution in [1.82, 2.24) is 5.32 Å². The molecular formula is C17H20ClNO. The molecule has 0 saturated heterocycles. The summed E-state index contributed by atoms with van der Waals surface area (Å²) in [5.41, 5.74) is 3.44. The summed E-state index contributed by atoms with van der Waals surface area (Å²) in [4.78, 5) is 0. The monoisotopic (exact) mass is 289 g/mol. The first-order chi connectivity index (χ1) is 9.69. The van der Waals surface area contributed by atoms with Gasteiger partial charge in [0.15, 0.2) is 0 Å². The quantitative estimate of drug-likeness (QED) is 0.855. The van der Waals surface area contributed by atoms with Crippen LogP contribution in [0.2, 0.25) is 5.02 Å². The zero-order valence-corrected chi connectivity index (χ0v) is 12.4. The Hall–Kier alpha value is -1.35. The maximum absolute atomic E-state index is 9.48. The number of hydrogen-bond acceptors (Lipinski definition) is 2. The van der Waals surface area contributed by atoms with Crippen molar-refractivity contribution < 1.29 is 5.11 Å². The van der Waals surface area contributed by atoms with E-state index in [9.17, 15) is 5.11 Å². The van der Waals surface area contributed by atoms with E-state index < -0.39 is 0 Å². The van der Waals surface area contributed by atoms with Crippen LogP contribution < -0.4 is 5.32 Å². The van der Waals surface area contributed by atoms with Crippen LogP contribution in [-0.4, -0.2) is 17.8 Å². The highest BCUT2D eigenvalue weighted by molar-refractivity contribution is 6.31. The Bertz CT molecular complexity index is 542. The number of halogens is 1. The minimum Gasteiger partial charge on any atom is -0.395 e. The van der Waals surface area contributed by atoms with Gasteiger partial charge in [-0.2, -0.15) is 0 Å². The Kier molecular flexibility index (Phi) is 5.60. The highest BCUT2D eigenvalue weighted by atomic mass is 35.5. The number of aliphatic hydroxyl groups is 1. The third kappa shape index (κ3) is 4.34. The number of benzene rings is 2. The zero-order chi connectivity index (χ0) is 14.4. The third-order valence-corrected chi connectivity index (χ3v) is 3.78. The summed E-state index contributed by atoms with van der Waals surface area (Å²) in [5.74, 6) is 0. The highest BCUT2D eigenvalue weighted by Crippen LogP contribution is 2.16. The summed E-state index contributed by atoms with van der Waals surface area (Å²) in [5, 5.41) is 13.6. The van der Waals surface area contributed by atoms with Gasteiger partial charge in [-0.05, 0) is 36.1 Å². The third-order valence-electron chi connectivity index (χ3n) is 3.38. The van der Waals surface area contributed by atoms with Crippen molar-refractivity contribution >= 4 is 11.6 Å². The molecule has 0 spiro atoms. The largest absolute Gasteiger partial charge is 0.395 e. The molecule has 2 aromatic rings. The van der Waals surface area contributed by atoms with Crippen molar-refractivity contribution in [3.05, 3.63) is 70.2 Å². The average molecular weight is 290 g/mol. The van der Waals surface area contributed by atoms with Crippen LogP contribution in [0.1, 0.15) is 16.7 Å². The van der Waals surface area contributed by atoms with E-state index in [0.717, 1.165) is 22.6 Å². The van der Waals surface area contributed by atoms with Gasteiger partial charge < -0.3 is 10.4 Å². The highest BCUT2D eigenvalue weighted by Gasteiger charge is 2.08. The predicted molar refractivity (Wildman–Crippen MR) is 84.0 cm³/mol. The fraction of sp³-hybridized carbons (Fsp3) is 0.294. The topological polar surface area (TPSA) is 32.3 Å². The normalized spacial score (nSPS) is 12.3. The molecule has 0 saturated carbocycles. The van der Waals surface area contributed by atoms with Gasteiger partial charge >= 0.3 is 0 Å². The standard InChI is InChI=1S/C17H20ClNO/c1-13-7-8-15(10-17(13)18)11-19-16(12-20)9-14-5-3-2-4-6-14/h2-8,10,16,19-20H,9,11-12H2,1H3/t16-/m1/s1. The molecule has 0 unspecified atom stereocenters. The molecule has 0 aliphatic heterocycles. The molecule has 20 heavy (non-hydrogen) atoms. The Morgan fingerprint density at radius 1 is 1.10 bits per heavy atom. The maximum atomic E-state index is 9.48. The fourth-order valence-electron chi connectivity index (χ4n) is 2.11. The first-order valence-corrected chi connectivity index (χ1v) is 7.20. The molecule has 0 bridgehead atoms. The lowest BCUT2D eigenvalue weighted by molar-refractivity contribution is 0.241. The summed E-state index contributed by atoms with van der Waals surface area (Å²) in [6.45, 7) is 2.82. The summed E-state index contributed by atoms with van der Waals surface area (Å²) in [7, 11) is 0. The van der Waals surface area contributed by atoms with Gasteiger partial charge in [0.2, 0.25) is 0 Å². The van der Waals surface area contributed by atoms with Crippen LogP contribution >= 0.6 is 11.6 Å². The molecule has 2 aromatic carbocycles. The van der Waals surface area contributed by atoms with E-state index in [1.54, 1.807) is 0 Å². The van der Waals surface area contributed by atoms with E-state index in [2.05, 4.69) is 23.5 Å². The first kappa shape index (κ1) is 15.0. The number of hydrogen-bond donors (Lipinski definition) is 2. The van der Waals surface area contributed by atoms with Crippen LogP contribution in [0.5, 0.6) is 0 Å². The van der Waals surface area contributed by atoms with Gasteiger partial charge in [0.1, 0.15) is 0 Å². The number of aliphatic hydroxyl groups excluding tert-OH is 1. The van der Waals surface area contributed by atoms with Gasteiger partial charge in [-0.15, -0.1) is 0 Å². The Morgan fingerprint density at radius 2 is 1.85 bits per heavy atom. The van der Waals surface area contributed by atoms with Crippen LogP contribution in [0, 0.1) is 6.92 Å². The van der Waals surface area contributed by atoms with Gasteiger partial charge in [0.05, 0.1) is 6.61 Å². The minimum absolute atomic E-state index is 0.0532. The van der Waals surface area contributed by atoms with E-state index in [-0.39, 0.29) is 12.6 Å². The smallest absolute Gasteiger partial charge is 0.0587 e. The van der Waals surface area contributed by atoms with Crippen molar-refractivity contribution in [2.75, 3.05) is 6.61 Å². The van der Waals surface area contributed by atoms with E-state index in [1.165, 1.54) is 5.56 Å². The van der Waals surface area contributed by atoms with Crippen LogP contribution in [0.15, 0.2) is 48.5 Å². The Labute approximate surface area is 125 Å². The van der Waals surface area contributed by atoms with Gasteiger partial charge in [-0.1, -0.05) is 54.1 Å². The Balaban J connectivity index is 1.92. The lowest BCUT2D eigenvalue weighted by Gasteiger charge is -2.16. The molecule has 0 amide bonds. The van der Waals surface area contributed by atoms with E-state index >= 15 is 0 Å². The van der Waals surface area contributed by atoms with Crippen LogP contribution in [0.3, 0.4) is 0 Å². The predicted octanol–water partition coefficient (Wildman–Crippen LogP) is 3.34. The SMILES string of the molecule is Cc1ccc(CN[C@@H](CO)Cc2ccccc2)cc1Cl. The maximum Gasteiger partial charge on any atom is 0.0587 e. The van der Waals surface area contributed by atoms with Crippen LogP contribution in [0.4, 0.5) is 0 Å². The van der Waals surface area contributed by atoms with Crippen LogP contribution in [0.25, 0.3) is 0 Å². The van der Waals surface area contributed by atoms with E-state index in [0.29, 0.717) is 6.54 Å². The molecule has 0 aliphatic rings. The second-order valence-corrected chi connectivity index (χ2v) is 5.44. The molecule has 106 valence electrons. The molecule has 2 nitrogen and oxygen atoms in total. The van der Waals surface area contributed by atoms with E-state index in [1.807, 2.05) is 37.3 Å². The second-order valence-electron chi connectivity index (χ2n) is 5.03. The van der Waals surface area contributed by atoms with Gasteiger partial charge in [-0.3, -0.25) is 0 Å². The summed E-state index contributed by atoms with van der Waals surface area (Å²) >= 11 is 6.12. The van der Waals surface area contributed by atoms with Crippen molar-refractivity contribution in [2.24, 2.45) is 0 Å². The summed E-state index contributed by atoms with van der Waals surface area (Å²) in [6.07, 6.45) is 0.816. The van der Waals surface area contributed by atoms with Crippen molar-refractivity contribution in [3.8, 4) is 0 Å². The number of aryl methyl sites for hydroxylation is 1. The van der Waals surface area contributed by atoms with Crippen LogP contribution in [-0.2, 0) is 13.0 Å². The summed E-state index contributed by atoms with van der Waals surface area (Å²) in [6, 6.07) is 16.3. The first-order valence-electron chi connectivity index (χ1n) is 6.82. The Morgan fingerprint density at radius 3 is 2.50 bits per heavy atom. The van der Waals surface area contributed by atoms with Gasteiger partial charge in [-0.25, -0.2) is 0 Å². The second kappa shape index (κ2) is 7.44. The average Bonchev–Trinajstić information content (AvgIpc) is 2.48. The van der Waals surface area contributed by atoms with Crippen molar-refractivity contribution in [2.45, 2.75) is 25.9 Å². The minimum atomic E-state index is 0.0532. The molecule has 2 rings (SSSR count). The number of nitrogens with one attached hydrogen (secondary N) is 1. The van der Waals surface area contributed by atoms with Crippen molar-refractivity contribution in [3.63, 3.8) is 0 Å². The number of rotatable bonds is 6. The van der Waals surface area contributed by atoms with Gasteiger partial charge in [0, 0.05) is 17.6 Å². The molecule has 2 N–H and O–H groups in total. The molecular weight excluding hydrogens is 270 g/mol. The fourth-order valence-corrected chi connectivity index (χ4v) is 2.31. The van der Waals surface area contributed by atoms with E-state index in [4.69, 9.17) is 11.6 Å². The molecule has 0 fully saturated rings. The van der Waals surface area contributed by atoms with Crippen molar-refractivity contribution in [1.29, 1.82) is 0 Å². The molecule has 0 aromatic heterocycles. The molecule has 0 aliphatic carbocycles. The zero-order valence-electron chi connectivity index (χ0n) is 11.6. The van der Waals surface area contributed by atoms with Gasteiger partial charge in [0.25, 0.3) is 0 Å². The lowest BCUT2D eigenvalue weighted by Crippen LogP contribution is -2.34. The molecule has 0 radical (unpaired) electrons. The molecule has 3 heteroatoms. The lowest BCUT2D eigenvalue weighted by atomic mass is 10.1. The molecule has 1 atom stereocenters. The molecule has 0 heterocycles. The summed E-state index contributed by atoms with van der Waals surface area (Å²) < 4.78 is 0.